The second kappa shape index (κ2) is 7.75. The average Bonchev–Trinajstić information content (AvgIpc) is 3.16. The van der Waals surface area contributed by atoms with E-state index in [4.69, 9.17) is 14.2 Å². The Bertz CT molecular complexity index is 955. The van der Waals surface area contributed by atoms with E-state index in [1.54, 1.807) is 31.4 Å². The molecule has 2 aliphatic heterocycles. The Kier molecular flexibility index (Phi) is 5.15. The predicted molar refractivity (Wildman–Crippen MR) is 108 cm³/mol. The van der Waals surface area contributed by atoms with Crippen LogP contribution >= 0.6 is 0 Å². The lowest BCUT2D eigenvalue weighted by atomic mass is 9.87. The van der Waals surface area contributed by atoms with Crippen LogP contribution in [0.2, 0.25) is 0 Å². The number of hydrogen-bond donors (Lipinski definition) is 1. The summed E-state index contributed by atoms with van der Waals surface area (Å²) in [5.41, 5.74) is 3.40. The van der Waals surface area contributed by atoms with E-state index in [9.17, 15) is 9.59 Å². The Morgan fingerprint density at radius 1 is 1.24 bits per heavy atom. The Morgan fingerprint density at radius 2 is 2.00 bits per heavy atom. The summed E-state index contributed by atoms with van der Waals surface area (Å²) >= 11 is 0. The molecule has 1 N–H and O–H groups in total. The molecule has 1 atom stereocenters. The molecule has 0 spiro atoms. The van der Waals surface area contributed by atoms with Crippen molar-refractivity contribution < 1.29 is 23.8 Å². The number of likely N-dealkylation sites (N-methyl/N-ethyl adjacent to an activating group) is 1. The molecule has 152 valence electrons. The third-order valence-corrected chi connectivity index (χ3v) is 5.45. The van der Waals surface area contributed by atoms with Gasteiger partial charge in [-0.3, -0.25) is 14.5 Å². The van der Waals surface area contributed by atoms with Gasteiger partial charge in [0.2, 0.25) is 18.4 Å². The first-order valence-corrected chi connectivity index (χ1v) is 9.58. The first-order valence-electron chi connectivity index (χ1n) is 9.58. The number of nitrogens with one attached hydrogen (secondary N) is 1. The molecule has 0 aromatic heterocycles. The van der Waals surface area contributed by atoms with Crippen LogP contribution in [0.25, 0.3) is 0 Å². The van der Waals surface area contributed by atoms with E-state index in [1.165, 1.54) is 6.92 Å². The quantitative estimate of drug-likeness (QED) is 0.783. The molecule has 2 heterocycles. The van der Waals surface area contributed by atoms with Gasteiger partial charge in [0.1, 0.15) is 0 Å². The number of amides is 1. The lowest BCUT2D eigenvalue weighted by Crippen LogP contribution is -2.34. The summed E-state index contributed by atoms with van der Waals surface area (Å²) in [6.07, 6.45) is 1.17. The number of carbonyl (C=O) groups is 2. The summed E-state index contributed by atoms with van der Waals surface area (Å²) in [5, 5.41) is 2.71. The van der Waals surface area contributed by atoms with Crippen LogP contribution in [-0.4, -0.2) is 44.1 Å². The number of hydrogen-bond acceptors (Lipinski definition) is 6. The second-order valence-electron chi connectivity index (χ2n) is 7.35. The van der Waals surface area contributed by atoms with E-state index in [1.807, 2.05) is 13.1 Å². The maximum atomic E-state index is 13.0. The van der Waals surface area contributed by atoms with Crippen molar-refractivity contribution in [2.45, 2.75) is 25.8 Å². The molecule has 2 aliphatic rings. The minimum Gasteiger partial charge on any atom is -0.492 e. The SMILES string of the molecule is COc1c2c(cc3c1[C@@H](CC(=O)c1ccc(NC(C)=O)cc1)N(C)CC3)OCO2. The van der Waals surface area contributed by atoms with E-state index in [2.05, 4.69) is 10.2 Å². The molecule has 0 aliphatic carbocycles. The molecule has 1 amide bonds. The maximum Gasteiger partial charge on any atom is 0.231 e. The third-order valence-electron chi connectivity index (χ3n) is 5.45. The standard InChI is InChI=1S/C22H24N2O5/c1-13(25)23-16-6-4-14(5-7-16)18(26)11-17-20-15(8-9-24(17)2)10-19-21(22(20)27-3)29-12-28-19/h4-7,10,17H,8-9,11-12H2,1-3H3,(H,23,25)/t17-/m1/s1. The highest BCUT2D eigenvalue weighted by Crippen LogP contribution is 2.50. The van der Waals surface area contributed by atoms with E-state index >= 15 is 0 Å². The zero-order valence-corrected chi connectivity index (χ0v) is 16.8. The first kappa shape index (κ1) is 19.3. The van der Waals surface area contributed by atoms with Crippen LogP contribution in [0.5, 0.6) is 17.2 Å². The van der Waals surface area contributed by atoms with Gasteiger partial charge in [-0.25, -0.2) is 0 Å². The minimum atomic E-state index is -0.143. The molecule has 2 aromatic carbocycles. The smallest absolute Gasteiger partial charge is 0.231 e. The van der Waals surface area contributed by atoms with Crippen LogP contribution in [0.15, 0.2) is 30.3 Å². The van der Waals surface area contributed by atoms with Crippen molar-refractivity contribution in [1.82, 2.24) is 4.90 Å². The van der Waals surface area contributed by atoms with Gasteiger partial charge >= 0.3 is 0 Å². The molecule has 0 unspecified atom stereocenters. The summed E-state index contributed by atoms with van der Waals surface area (Å²) in [7, 11) is 3.64. The average molecular weight is 396 g/mol. The largest absolute Gasteiger partial charge is 0.492 e. The Morgan fingerprint density at radius 3 is 2.69 bits per heavy atom. The molecule has 0 bridgehead atoms. The molecule has 4 rings (SSSR count). The van der Waals surface area contributed by atoms with Crippen molar-refractivity contribution >= 4 is 17.4 Å². The molecule has 0 radical (unpaired) electrons. The van der Waals surface area contributed by atoms with Crippen molar-refractivity contribution in [3.8, 4) is 17.2 Å². The van der Waals surface area contributed by atoms with Gasteiger partial charge in [-0.15, -0.1) is 0 Å². The fraction of sp³-hybridized carbons (Fsp3) is 0.364. The normalized spacial score (nSPS) is 17.6. The van der Waals surface area contributed by atoms with Gasteiger partial charge in [-0.2, -0.15) is 0 Å². The topological polar surface area (TPSA) is 77.1 Å². The van der Waals surface area contributed by atoms with Crippen LogP contribution in [0.3, 0.4) is 0 Å². The molecule has 7 nitrogen and oxygen atoms in total. The number of nitrogens with zero attached hydrogens (tertiary/aromatic N) is 1. The fourth-order valence-corrected chi connectivity index (χ4v) is 4.02. The number of ketones is 1. The van der Waals surface area contributed by atoms with Crippen LogP contribution in [0, 0.1) is 0 Å². The van der Waals surface area contributed by atoms with Crippen LogP contribution in [0.1, 0.15) is 40.9 Å². The molecule has 0 saturated heterocycles. The van der Waals surface area contributed by atoms with E-state index in [0.717, 1.165) is 24.1 Å². The number of ether oxygens (including phenoxy) is 3. The van der Waals surface area contributed by atoms with Gasteiger partial charge in [0.25, 0.3) is 0 Å². The Labute approximate surface area is 169 Å². The highest BCUT2D eigenvalue weighted by molar-refractivity contribution is 5.97. The number of Topliss-reactive ketones (excluding diaryl/α,β-unsaturated/α-hetero) is 1. The van der Waals surface area contributed by atoms with Gasteiger partial charge in [0.05, 0.1) is 7.11 Å². The molecular weight excluding hydrogens is 372 g/mol. The zero-order chi connectivity index (χ0) is 20.5. The predicted octanol–water partition coefficient (Wildman–Crippen LogP) is 3.18. The number of fused-ring (bicyclic) bond motifs is 2. The van der Waals surface area contributed by atoms with Crippen LogP contribution in [-0.2, 0) is 11.2 Å². The molecule has 29 heavy (non-hydrogen) atoms. The highest BCUT2D eigenvalue weighted by Gasteiger charge is 2.35. The van der Waals surface area contributed by atoms with Gasteiger partial charge in [-0.1, -0.05) is 0 Å². The van der Waals surface area contributed by atoms with Crippen molar-refractivity contribution in [3.05, 3.63) is 47.0 Å². The minimum absolute atomic E-state index is 0.0313. The zero-order valence-electron chi connectivity index (χ0n) is 16.8. The van der Waals surface area contributed by atoms with Gasteiger partial charge in [0.15, 0.2) is 17.3 Å². The number of benzene rings is 2. The number of carbonyl (C=O) groups excluding carboxylic acids is 2. The number of methoxy groups -OCH3 is 1. The van der Waals surface area contributed by atoms with Gasteiger partial charge < -0.3 is 19.5 Å². The first-order chi connectivity index (χ1) is 14.0. The van der Waals surface area contributed by atoms with Gasteiger partial charge in [-0.05, 0) is 49.4 Å². The van der Waals surface area contributed by atoms with Crippen molar-refractivity contribution in [2.75, 3.05) is 32.8 Å². The molecule has 0 fully saturated rings. The van der Waals surface area contributed by atoms with E-state index in [-0.39, 0.29) is 24.5 Å². The summed E-state index contributed by atoms with van der Waals surface area (Å²) in [4.78, 5) is 26.4. The summed E-state index contributed by atoms with van der Waals surface area (Å²) in [6.45, 7) is 2.47. The van der Waals surface area contributed by atoms with E-state index < -0.39 is 0 Å². The Balaban J connectivity index is 1.63. The number of rotatable bonds is 5. The summed E-state index contributed by atoms with van der Waals surface area (Å²) < 4.78 is 16.9. The molecule has 2 aromatic rings. The lowest BCUT2D eigenvalue weighted by molar-refractivity contribution is -0.114. The fourth-order valence-electron chi connectivity index (χ4n) is 4.02. The van der Waals surface area contributed by atoms with Crippen molar-refractivity contribution in [3.63, 3.8) is 0 Å². The second-order valence-corrected chi connectivity index (χ2v) is 7.35. The maximum absolute atomic E-state index is 13.0. The van der Waals surface area contributed by atoms with Gasteiger partial charge in [0, 0.05) is 42.7 Å². The Hall–Kier alpha value is -3.06. The molecule has 7 heteroatoms. The van der Waals surface area contributed by atoms with Crippen molar-refractivity contribution in [1.29, 1.82) is 0 Å². The molecule has 0 saturated carbocycles. The van der Waals surface area contributed by atoms with E-state index in [0.29, 0.717) is 34.9 Å². The van der Waals surface area contributed by atoms with Crippen molar-refractivity contribution in [2.24, 2.45) is 0 Å². The lowest BCUT2D eigenvalue weighted by Gasteiger charge is -2.35. The third kappa shape index (κ3) is 3.65. The number of anilines is 1. The van der Waals surface area contributed by atoms with Crippen LogP contribution < -0.4 is 19.5 Å². The van der Waals surface area contributed by atoms with Crippen LogP contribution in [0.4, 0.5) is 5.69 Å². The highest BCUT2D eigenvalue weighted by atomic mass is 16.7. The summed E-state index contributed by atoms with van der Waals surface area (Å²) in [5.74, 6) is 1.85. The molecular formula is C22H24N2O5. The monoisotopic (exact) mass is 396 g/mol. The summed E-state index contributed by atoms with van der Waals surface area (Å²) in [6, 6.07) is 8.86.